The van der Waals surface area contributed by atoms with Gasteiger partial charge in [-0.2, -0.15) is 18.2 Å². The van der Waals surface area contributed by atoms with Crippen LogP contribution in [0.5, 0.6) is 0 Å². The zero-order valence-electron chi connectivity index (χ0n) is 8.06. The fourth-order valence-electron chi connectivity index (χ4n) is 1.20. The van der Waals surface area contributed by atoms with E-state index in [1.165, 1.54) is 32.1 Å². The standard InChI is InChI=1S/C5H10.C5H5.3ClH.Ti/c2*1-2-4-5-3-1;;;;/h1-5H2;1-5H;3*1H;/q;-1;;;;+4/p-3. The molecule has 80 valence electrons. The zero-order valence-corrected chi connectivity index (χ0v) is 11.9. The Morgan fingerprint density at radius 2 is 0.929 bits per heavy atom. The summed E-state index contributed by atoms with van der Waals surface area (Å²) in [7, 11) is 0. The maximum atomic E-state index is 2.00. The maximum absolute atomic E-state index is 2.00. The Bertz CT molecular complexity index is 114. The van der Waals surface area contributed by atoms with Gasteiger partial charge in [-0.25, -0.2) is 12.1 Å². The summed E-state index contributed by atoms with van der Waals surface area (Å²) in [5, 5.41) is 0. The second-order valence-corrected chi connectivity index (χ2v) is 2.73. The van der Waals surface area contributed by atoms with Gasteiger partial charge >= 0.3 is 21.7 Å². The quantitative estimate of drug-likeness (QED) is 0.330. The van der Waals surface area contributed by atoms with Crippen LogP contribution in [0.3, 0.4) is 0 Å². The van der Waals surface area contributed by atoms with Gasteiger partial charge in [-0.05, 0) is 0 Å². The molecule has 0 spiro atoms. The van der Waals surface area contributed by atoms with E-state index in [1.54, 1.807) is 0 Å². The van der Waals surface area contributed by atoms with Crippen LogP contribution in [0, 0.1) is 0 Å². The van der Waals surface area contributed by atoms with Crippen LogP contribution in [0.25, 0.3) is 0 Å². The molecule has 1 aromatic carbocycles. The SMILES string of the molecule is C1CCCC1.[Cl-].[Cl-].[Cl-].[Ti+4].c1cc[cH-]c1. The first-order valence-electron chi connectivity index (χ1n) is 4.17. The third kappa shape index (κ3) is 15.4. The summed E-state index contributed by atoms with van der Waals surface area (Å²) in [4.78, 5) is 0. The van der Waals surface area contributed by atoms with Crippen molar-refractivity contribution in [3.63, 3.8) is 0 Å². The van der Waals surface area contributed by atoms with E-state index in [1.807, 2.05) is 30.3 Å². The first-order valence-corrected chi connectivity index (χ1v) is 4.17. The Kier molecular flexibility index (Phi) is 33.8. The predicted octanol–water partition coefficient (Wildman–Crippen LogP) is -5.63. The van der Waals surface area contributed by atoms with Gasteiger partial charge in [-0.1, -0.05) is 32.1 Å². The van der Waals surface area contributed by atoms with Crippen LogP contribution in [0.4, 0.5) is 0 Å². The van der Waals surface area contributed by atoms with Crippen molar-refractivity contribution < 1.29 is 58.9 Å². The van der Waals surface area contributed by atoms with Crippen molar-refractivity contribution in [3.8, 4) is 0 Å². The van der Waals surface area contributed by atoms with Crippen molar-refractivity contribution in [2.75, 3.05) is 0 Å². The topological polar surface area (TPSA) is 0 Å². The molecule has 0 unspecified atom stereocenters. The molecule has 0 aliphatic heterocycles. The van der Waals surface area contributed by atoms with Gasteiger partial charge in [0.1, 0.15) is 0 Å². The third-order valence-electron chi connectivity index (χ3n) is 1.81. The normalized spacial score (nSPS) is 11.4. The number of halogens is 3. The maximum Gasteiger partial charge on any atom is 4.00 e. The minimum Gasteiger partial charge on any atom is -1.00 e. The van der Waals surface area contributed by atoms with Crippen molar-refractivity contribution in [1.82, 2.24) is 0 Å². The Balaban J connectivity index is -0.0000000556. The van der Waals surface area contributed by atoms with Gasteiger partial charge < -0.3 is 37.2 Å². The molecule has 0 saturated heterocycles. The predicted molar refractivity (Wildman–Crippen MR) is 45.1 cm³/mol. The van der Waals surface area contributed by atoms with Gasteiger partial charge in [-0.3, -0.25) is 0 Å². The molecule has 1 saturated carbocycles. The van der Waals surface area contributed by atoms with E-state index < -0.39 is 0 Å². The molecular formula is C10H15Cl3Ti. The summed E-state index contributed by atoms with van der Waals surface area (Å²) in [5.41, 5.74) is 0. The van der Waals surface area contributed by atoms with Crippen LogP contribution in [0.2, 0.25) is 0 Å². The smallest absolute Gasteiger partial charge is 1.00 e. The van der Waals surface area contributed by atoms with Crippen LogP contribution >= 0.6 is 0 Å². The van der Waals surface area contributed by atoms with Crippen molar-refractivity contribution in [1.29, 1.82) is 0 Å². The summed E-state index contributed by atoms with van der Waals surface area (Å²) < 4.78 is 0. The van der Waals surface area contributed by atoms with Gasteiger partial charge in [0.2, 0.25) is 0 Å². The van der Waals surface area contributed by atoms with Gasteiger partial charge in [0.05, 0.1) is 0 Å². The molecule has 0 N–H and O–H groups in total. The molecule has 1 aliphatic carbocycles. The summed E-state index contributed by atoms with van der Waals surface area (Å²) in [6, 6.07) is 10.0. The van der Waals surface area contributed by atoms with Crippen molar-refractivity contribution in [2.24, 2.45) is 0 Å². The Hall–Kier alpha value is 0.934. The second kappa shape index (κ2) is 19.5. The molecule has 2 rings (SSSR count). The summed E-state index contributed by atoms with van der Waals surface area (Å²) in [6.07, 6.45) is 7.50. The fourth-order valence-corrected chi connectivity index (χ4v) is 1.20. The van der Waals surface area contributed by atoms with Crippen LogP contribution in [-0.4, -0.2) is 0 Å². The first-order chi connectivity index (χ1) is 5.00. The van der Waals surface area contributed by atoms with Crippen LogP contribution in [-0.2, 0) is 21.7 Å². The zero-order chi connectivity index (χ0) is 7.07. The van der Waals surface area contributed by atoms with Gasteiger partial charge in [-0.15, -0.1) is 0 Å². The summed E-state index contributed by atoms with van der Waals surface area (Å²) in [5.74, 6) is 0. The van der Waals surface area contributed by atoms with Crippen LogP contribution < -0.4 is 37.2 Å². The third-order valence-corrected chi connectivity index (χ3v) is 1.81. The summed E-state index contributed by atoms with van der Waals surface area (Å²) in [6.45, 7) is 0. The molecule has 0 radical (unpaired) electrons. The van der Waals surface area contributed by atoms with Crippen molar-refractivity contribution in [3.05, 3.63) is 30.3 Å². The van der Waals surface area contributed by atoms with E-state index in [0.29, 0.717) is 0 Å². The minimum atomic E-state index is 0. The molecular weight excluding hydrogens is 274 g/mol. The molecule has 1 aromatic rings. The molecule has 0 nitrogen and oxygen atoms in total. The molecule has 14 heavy (non-hydrogen) atoms. The van der Waals surface area contributed by atoms with Gasteiger partial charge in [0.25, 0.3) is 0 Å². The molecule has 1 fully saturated rings. The van der Waals surface area contributed by atoms with Gasteiger partial charge in [0, 0.05) is 0 Å². The molecule has 0 amide bonds. The van der Waals surface area contributed by atoms with Crippen molar-refractivity contribution >= 4 is 0 Å². The molecule has 0 atom stereocenters. The summed E-state index contributed by atoms with van der Waals surface area (Å²) >= 11 is 0. The van der Waals surface area contributed by atoms with Crippen LogP contribution in [0.15, 0.2) is 30.3 Å². The minimum absolute atomic E-state index is 0. The Morgan fingerprint density at radius 1 is 0.643 bits per heavy atom. The molecule has 0 aromatic heterocycles. The number of rotatable bonds is 0. The Labute approximate surface area is 121 Å². The van der Waals surface area contributed by atoms with E-state index in [0.717, 1.165) is 0 Å². The van der Waals surface area contributed by atoms with E-state index in [4.69, 9.17) is 0 Å². The molecule has 0 heterocycles. The number of hydrogen-bond acceptors (Lipinski definition) is 0. The van der Waals surface area contributed by atoms with Gasteiger partial charge in [0.15, 0.2) is 0 Å². The van der Waals surface area contributed by atoms with E-state index in [9.17, 15) is 0 Å². The Morgan fingerprint density at radius 3 is 1.07 bits per heavy atom. The average Bonchev–Trinajstić information content (AvgIpc) is 2.67. The second-order valence-electron chi connectivity index (χ2n) is 2.73. The van der Waals surface area contributed by atoms with Crippen LogP contribution in [0.1, 0.15) is 32.1 Å². The fraction of sp³-hybridized carbons (Fsp3) is 0.500. The molecule has 0 bridgehead atoms. The molecule has 1 aliphatic rings. The van der Waals surface area contributed by atoms with E-state index >= 15 is 0 Å². The first kappa shape index (κ1) is 24.3. The van der Waals surface area contributed by atoms with E-state index in [2.05, 4.69) is 0 Å². The average molecular weight is 289 g/mol. The van der Waals surface area contributed by atoms with Crippen molar-refractivity contribution in [2.45, 2.75) is 32.1 Å². The monoisotopic (exact) mass is 288 g/mol. The molecule has 4 heteroatoms. The largest absolute Gasteiger partial charge is 4.00 e. The number of hydrogen-bond donors (Lipinski definition) is 0. The van der Waals surface area contributed by atoms with E-state index in [-0.39, 0.29) is 58.9 Å².